The normalized spacial score (nSPS) is 11.7. The van der Waals surface area contributed by atoms with E-state index in [1.54, 1.807) is 37.4 Å². The summed E-state index contributed by atoms with van der Waals surface area (Å²) < 4.78 is 33.6. The molecule has 0 saturated carbocycles. The van der Waals surface area contributed by atoms with Gasteiger partial charge >= 0.3 is 0 Å². The quantitative estimate of drug-likeness (QED) is 0.360. The van der Waals surface area contributed by atoms with Crippen LogP contribution in [0, 0.1) is 23.0 Å². The minimum atomic E-state index is -0.760. The van der Waals surface area contributed by atoms with Crippen LogP contribution in [0.25, 0.3) is 33.2 Å². The van der Waals surface area contributed by atoms with Gasteiger partial charge < -0.3 is 15.4 Å². The molecule has 0 aliphatic heterocycles. The molecule has 2 N–H and O–H groups in total. The van der Waals surface area contributed by atoms with Gasteiger partial charge in [0.1, 0.15) is 17.4 Å². The monoisotopic (exact) mass is 500 g/mol. The van der Waals surface area contributed by atoms with Gasteiger partial charge in [-0.05, 0) is 65.6 Å². The number of rotatable bonds is 7. The molecule has 4 aromatic rings. The molecule has 0 fully saturated rings. The summed E-state index contributed by atoms with van der Waals surface area (Å²) in [5.41, 5.74) is 9.23. The summed E-state index contributed by atoms with van der Waals surface area (Å²) in [6.45, 7) is 2.24. The van der Waals surface area contributed by atoms with E-state index in [4.69, 9.17) is 10.5 Å². The number of nitrogens with zero attached hydrogens (tertiary/aromatic N) is 3. The number of nitriles is 1. The maximum atomic E-state index is 14.2. The molecule has 0 spiro atoms. The molecular weight excluding hydrogens is 474 g/mol. The summed E-state index contributed by atoms with van der Waals surface area (Å²) in [7, 11) is 3.16. The Morgan fingerprint density at radius 1 is 1.08 bits per heavy atom. The third-order valence-corrected chi connectivity index (χ3v) is 6.24. The summed E-state index contributed by atoms with van der Waals surface area (Å²) in [6.07, 6.45) is 2.13. The number of halogens is 2. The number of benzene rings is 3. The topological polar surface area (TPSA) is 92.2 Å². The second-order valence-corrected chi connectivity index (χ2v) is 8.85. The lowest BCUT2D eigenvalue weighted by molar-refractivity contribution is 0.0788. The van der Waals surface area contributed by atoms with Crippen molar-refractivity contribution >= 4 is 16.8 Å². The van der Waals surface area contributed by atoms with Crippen LogP contribution in [-0.2, 0) is 0 Å². The van der Waals surface area contributed by atoms with Gasteiger partial charge in [0.25, 0.3) is 5.91 Å². The minimum Gasteiger partial charge on any atom is -0.497 e. The number of likely N-dealkylation sites (N-methyl/N-ethyl adjacent to an activating group) is 1. The molecular formula is C29H26F2N4O2. The second kappa shape index (κ2) is 10.7. The fraction of sp³-hybridized carbons (Fsp3) is 0.207. The van der Waals surface area contributed by atoms with Crippen LogP contribution >= 0.6 is 0 Å². The van der Waals surface area contributed by atoms with Gasteiger partial charge in [0, 0.05) is 42.8 Å². The zero-order valence-corrected chi connectivity index (χ0v) is 20.8. The van der Waals surface area contributed by atoms with Gasteiger partial charge in [-0.25, -0.2) is 8.78 Å². The first-order valence-corrected chi connectivity index (χ1v) is 11.7. The van der Waals surface area contributed by atoms with Gasteiger partial charge in [-0.1, -0.05) is 13.0 Å². The van der Waals surface area contributed by atoms with Gasteiger partial charge in [-0.2, -0.15) is 5.26 Å². The Kier molecular flexibility index (Phi) is 7.46. The predicted octanol–water partition coefficient (Wildman–Crippen LogP) is 5.54. The summed E-state index contributed by atoms with van der Waals surface area (Å²) in [4.78, 5) is 19.8. The average molecular weight is 501 g/mol. The van der Waals surface area contributed by atoms with Gasteiger partial charge in [0.15, 0.2) is 0 Å². The van der Waals surface area contributed by atoms with Crippen LogP contribution in [0.1, 0.15) is 29.3 Å². The summed E-state index contributed by atoms with van der Waals surface area (Å²) in [6, 6.07) is 15.5. The molecule has 1 heterocycles. The molecule has 6 nitrogen and oxygen atoms in total. The lowest BCUT2D eigenvalue weighted by Crippen LogP contribution is -2.38. The number of aromatic nitrogens is 1. The molecule has 0 aliphatic carbocycles. The molecule has 0 bridgehead atoms. The average Bonchev–Trinajstić information content (AvgIpc) is 2.90. The van der Waals surface area contributed by atoms with Crippen molar-refractivity contribution in [2.45, 2.75) is 19.4 Å². The first-order valence-electron chi connectivity index (χ1n) is 11.7. The van der Waals surface area contributed by atoms with E-state index in [0.717, 1.165) is 6.07 Å². The largest absolute Gasteiger partial charge is 0.497 e. The van der Waals surface area contributed by atoms with Crippen LogP contribution in [0.4, 0.5) is 8.78 Å². The third-order valence-electron chi connectivity index (χ3n) is 6.24. The SMILES string of the molecule is CC[C@H](N)CN(C)C(=O)c1c(-c2cc(F)cc(F)c2)cnc2ccc(-c3cc(C#N)cc(OC)c3)cc12. The highest BCUT2D eigenvalue weighted by molar-refractivity contribution is 6.12. The Labute approximate surface area is 213 Å². The Morgan fingerprint density at radius 2 is 1.81 bits per heavy atom. The number of carbonyl (C=O) groups is 1. The number of carbonyl (C=O) groups excluding carboxylic acids is 1. The van der Waals surface area contributed by atoms with Crippen LogP contribution in [0.2, 0.25) is 0 Å². The molecule has 37 heavy (non-hydrogen) atoms. The van der Waals surface area contributed by atoms with Crippen molar-refractivity contribution in [2.75, 3.05) is 20.7 Å². The lowest BCUT2D eigenvalue weighted by atomic mass is 9.94. The number of methoxy groups -OCH3 is 1. The Morgan fingerprint density at radius 3 is 2.46 bits per heavy atom. The van der Waals surface area contributed by atoms with E-state index < -0.39 is 11.6 Å². The van der Waals surface area contributed by atoms with E-state index >= 15 is 0 Å². The Hall–Kier alpha value is -4.35. The first kappa shape index (κ1) is 25.7. The van der Waals surface area contributed by atoms with Crippen molar-refractivity contribution < 1.29 is 18.3 Å². The van der Waals surface area contributed by atoms with E-state index in [1.165, 1.54) is 30.3 Å². The fourth-order valence-corrected chi connectivity index (χ4v) is 4.23. The number of hydrogen-bond acceptors (Lipinski definition) is 5. The van der Waals surface area contributed by atoms with Crippen molar-refractivity contribution in [3.8, 4) is 34.1 Å². The van der Waals surface area contributed by atoms with Crippen LogP contribution in [0.5, 0.6) is 5.75 Å². The predicted molar refractivity (Wildman–Crippen MR) is 139 cm³/mol. The number of hydrogen-bond donors (Lipinski definition) is 1. The van der Waals surface area contributed by atoms with Gasteiger partial charge in [0.05, 0.1) is 29.8 Å². The van der Waals surface area contributed by atoms with E-state index in [9.17, 15) is 18.8 Å². The number of pyridine rings is 1. The van der Waals surface area contributed by atoms with Crippen molar-refractivity contribution in [1.29, 1.82) is 5.26 Å². The van der Waals surface area contributed by atoms with Crippen molar-refractivity contribution in [3.05, 3.63) is 83.6 Å². The van der Waals surface area contributed by atoms with Crippen LogP contribution in [0.15, 0.2) is 60.8 Å². The zero-order chi connectivity index (χ0) is 26.7. The summed E-state index contributed by atoms with van der Waals surface area (Å²) >= 11 is 0. The third kappa shape index (κ3) is 5.42. The Bertz CT molecular complexity index is 1510. The highest BCUT2D eigenvalue weighted by atomic mass is 19.1. The number of fused-ring (bicyclic) bond motifs is 1. The van der Waals surface area contributed by atoms with E-state index in [2.05, 4.69) is 11.1 Å². The lowest BCUT2D eigenvalue weighted by Gasteiger charge is -2.23. The molecule has 0 saturated heterocycles. The van der Waals surface area contributed by atoms with Crippen LogP contribution in [-0.4, -0.2) is 42.5 Å². The van der Waals surface area contributed by atoms with Gasteiger partial charge in [-0.15, -0.1) is 0 Å². The molecule has 0 radical (unpaired) electrons. The molecule has 3 aromatic carbocycles. The van der Waals surface area contributed by atoms with Crippen molar-refractivity contribution in [1.82, 2.24) is 9.88 Å². The molecule has 0 unspecified atom stereocenters. The van der Waals surface area contributed by atoms with Crippen LogP contribution < -0.4 is 10.5 Å². The van der Waals surface area contributed by atoms with Crippen LogP contribution in [0.3, 0.4) is 0 Å². The van der Waals surface area contributed by atoms with Gasteiger partial charge in [-0.3, -0.25) is 9.78 Å². The Balaban J connectivity index is 1.98. The molecule has 1 amide bonds. The first-order chi connectivity index (χ1) is 17.7. The van der Waals surface area contributed by atoms with Gasteiger partial charge in [0.2, 0.25) is 0 Å². The summed E-state index contributed by atoms with van der Waals surface area (Å²) in [5.74, 6) is -1.36. The highest BCUT2D eigenvalue weighted by Gasteiger charge is 2.23. The molecule has 4 rings (SSSR count). The minimum absolute atomic E-state index is 0.196. The van der Waals surface area contributed by atoms with Crippen molar-refractivity contribution in [3.63, 3.8) is 0 Å². The molecule has 188 valence electrons. The molecule has 1 atom stereocenters. The second-order valence-electron chi connectivity index (χ2n) is 8.85. The van der Waals surface area contributed by atoms with E-state index in [0.29, 0.717) is 51.9 Å². The standard InChI is InChI=1S/C29H26F2N4O2/c1-4-23(33)16-35(2)29(36)28-25-12-18(19-7-17(14-32)8-24(11-19)37-3)5-6-27(25)34-15-26(28)20-9-21(30)13-22(31)10-20/h5-13,15,23H,4,16,33H2,1-3H3/t23-/m0/s1. The zero-order valence-electron chi connectivity index (χ0n) is 20.8. The molecule has 8 heteroatoms. The van der Waals surface area contributed by atoms with Crippen molar-refractivity contribution in [2.24, 2.45) is 5.73 Å². The molecule has 1 aromatic heterocycles. The summed E-state index contributed by atoms with van der Waals surface area (Å²) in [5, 5.41) is 9.94. The fourth-order valence-electron chi connectivity index (χ4n) is 4.23. The highest BCUT2D eigenvalue weighted by Crippen LogP contribution is 2.34. The maximum Gasteiger partial charge on any atom is 0.255 e. The van der Waals surface area contributed by atoms with E-state index in [-0.39, 0.29) is 23.1 Å². The number of nitrogens with two attached hydrogens (primary N) is 1. The van der Waals surface area contributed by atoms with E-state index in [1.807, 2.05) is 13.0 Å². The number of amides is 1. The number of ether oxygens (including phenoxy) is 1. The smallest absolute Gasteiger partial charge is 0.255 e. The molecule has 0 aliphatic rings. The maximum absolute atomic E-state index is 14.2.